The van der Waals surface area contributed by atoms with Crippen molar-refractivity contribution in [2.75, 3.05) is 31.5 Å². The number of hydrogen-bond donors (Lipinski definition) is 4. The number of hydrogen-bond acceptors (Lipinski definition) is 6. The highest BCUT2D eigenvalue weighted by molar-refractivity contribution is 5.97. The van der Waals surface area contributed by atoms with Crippen LogP contribution in [0.2, 0.25) is 0 Å². The molecule has 222 valence electrons. The number of nitrogens with two attached hydrogens (primary N) is 1. The average Bonchev–Trinajstić information content (AvgIpc) is 3.21. The predicted molar refractivity (Wildman–Crippen MR) is 156 cm³/mol. The van der Waals surface area contributed by atoms with Gasteiger partial charge in [-0.2, -0.15) is 5.10 Å². The second-order valence-electron chi connectivity index (χ2n) is 11.1. The number of carbonyl (C=O) groups is 4. The first-order chi connectivity index (χ1) is 19.8. The Bertz CT molecular complexity index is 1210. The standard InChI is InChI=1S/C30H43N7O4/c1-3-37-26(28(31)39)19-24(35-37)27(22-8-6-4-5-7-9-22)29(40)34-23-12-10-21(11-13-23)18-25(33-20(2)38)30(41)36-16-14-32-15-17-36/h10-13,19,22,25,27,32H,3-9,14-18H2,1-2H3,(H2,31,39)(H,33,38)(H,34,40)/t25-,27+/m1/s1. The zero-order valence-corrected chi connectivity index (χ0v) is 24.2. The number of carbonyl (C=O) groups excluding carboxylic acids is 4. The molecule has 1 saturated heterocycles. The molecule has 11 heteroatoms. The molecule has 0 bridgehead atoms. The maximum atomic E-state index is 13.8. The van der Waals surface area contributed by atoms with Crippen LogP contribution in [-0.2, 0) is 27.3 Å². The van der Waals surface area contributed by atoms with Gasteiger partial charge in [0.15, 0.2) is 0 Å². The molecule has 0 spiro atoms. The van der Waals surface area contributed by atoms with Crippen LogP contribution in [0.5, 0.6) is 0 Å². The molecule has 5 N–H and O–H groups in total. The first kappa shape index (κ1) is 30.2. The molecular formula is C30H43N7O4. The molecule has 2 fully saturated rings. The molecule has 2 aliphatic rings. The third kappa shape index (κ3) is 7.93. The number of amides is 4. The van der Waals surface area contributed by atoms with E-state index >= 15 is 0 Å². The number of piperazine rings is 1. The van der Waals surface area contributed by atoms with Crippen molar-refractivity contribution in [3.8, 4) is 0 Å². The van der Waals surface area contributed by atoms with Gasteiger partial charge in [0.2, 0.25) is 17.7 Å². The molecule has 2 aromatic rings. The second-order valence-corrected chi connectivity index (χ2v) is 11.1. The number of benzene rings is 1. The van der Waals surface area contributed by atoms with Crippen molar-refractivity contribution in [3.63, 3.8) is 0 Å². The lowest BCUT2D eigenvalue weighted by molar-refractivity contribution is -0.136. The summed E-state index contributed by atoms with van der Waals surface area (Å²) in [4.78, 5) is 52.5. The van der Waals surface area contributed by atoms with E-state index < -0.39 is 17.9 Å². The van der Waals surface area contributed by atoms with E-state index in [1.165, 1.54) is 6.92 Å². The molecule has 0 unspecified atom stereocenters. The molecule has 1 aromatic heterocycles. The fraction of sp³-hybridized carbons (Fsp3) is 0.567. The van der Waals surface area contributed by atoms with Crippen molar-refractivity contribution < 1.29 is 19.2 Å². The second kappa shape index (κ2) is 14.2. The van der Waals surface area contributed by atoms with Crippen LogP contribution in [0.1, 0.15) is 80.0 Å². The minimum Gasteiger partial charge on any atom is -0.364 e. The molecule has 41 heavy (non-hydrogen) atoms. The maximum absolute atomic E-state index is 13.8. The van der Waals surface area contributed by atoms with Crippen molar-refractivity contribution in [1.29, 1.82) is 0 Å². The van der Waals surface area contributed by atoms with E-state index in [9.17, 15) is 19.2 Å². The van der Waals surface area contributed by atoms with Crippen LogP contribution in [0.3, 0.4) is 0 Å². The van der Waals surface area contributed by atoms with Crippen LogP contribution in [0.15, 0.2) is 30.3 Å². The van der Waals surface area contributed by atoms with E-state index in [0.29, 0.717) is 43.1 Å². The highest BCUT2D eigenvalue weighted by atomic mass is 16.2. The Hall–Kier alpha value is -3.73. The Morgan fingerprint density at radius 2 is 1.71 bits per heavy atom. The lowest BCUT2D eigenvalue weighted by Crippen LogP contribution is -2.54. The number of nitrogens with one attached hydrogen (secondary N) is 3. The van der Waals surface area contributed by atoms with E-state index in [1.807, 2.05) is 31.2 Å². The summed E-state index contributed by atoms with van der Waals surface area (Å²) in [6.45, 7) is 6.47. The van der Waals surface area contributed by atoms with Crippen molar-refractivity contribution in [3.05, 3.63) is 47.3 Å². The summed E-state index contributed by atoms with van der Waals surface area (Å²) in [6.07, 6.45) is 6.62. The number of anilines is 1. The van der Waals surface area contributed by atoms with Gasteiger partial charge in [-0.25, -0.2) is 0 Å². The van der Waals surface area contributed by atoms with Gasteiger partial charge in [0.05, 0.1) is 11.6 Å². The molecule has 0 radical (unpaired) electrons. The number of nitrogens with zero attached hydrogens (tertiary/aromatic N) is 3. The molecule has 4 amide bonds. The van der Waals surface area contributed by atoms with E-state index in [4.69, 9.17) is 5.73 Å². The van der Waals surface area contributed by atoms with Crippen LogP contribution in [0, 0.1) is 5.92 Å². The van der Waals surface area contributed by atoms with Crippen molar-refractivity contribution in [2.24, 2.45) is 11.7 Å². The molecule has 1 aliphatic heterocycles. The lowest BCUT2D eigenvalue weighted by atomic mass is 9.83. The number of aryl methyl sites for hydroxylation is 1. The zero-order valence-electron chi connectivity index (χ0n) is 24.2. The van der Waals surface area contributed by atoms with Gasteiger partial charge in [-0.3, -0.25) is 23.9 Å². The highest BCUT2D eigenvalue weighted by Crippen LogP contribution is 2.36. The Balaban J connectivity index is 1.50. The highest BCUT2D eigenvalue weighted by Gasteiger charge is 2.34. The Kier molecular flexibility index (Phi) is 10.5. The van der Waals surface area contributed by atoms with Gasteiger partial charge in [-0.05, 0) is 49.4 Å². The molecular weight excluding hydrogens is 522 g/mol. The molecule has 2 heterocycles. The molecule has 2 atom stereocenters. The summed E-state index contributed by atoms with van der Waals surface area (Å²) >= 11 is 0. The van der Waals surface area contributed by atoms with Gasteiger partial charge < -0.3 is 26.6 Å². The third-order valence-electron chi connectivity index (χ3n) is 8.09. The zero-order chi connectivity index (χ0) is 29.4. The first-order valence-electron chi connectivity index (χ1n) is 14.8. The summed E-state index contributed by atoms with van der Waals surface area (Å²) in [5, 5.41) is 13.7. The van der Waals surface area contributed by atoms with E-state index in [0.717, 1.165) is 57.2 Å². The smallest absolute Gasteiger partial charge is 0.266 e. The van der Waals surface area contributed by atoms with Crippen LogP contribution in [0.4, 0.5) is 5.69 Å². The molecule has 1 aromatic carbocycles. The van der Waals surface area contributed by atoms with E-state index in [-0.39, 0.29) is 23.6 Å². The SMILES string of the molecule is CCn1nc([C@@H](C(=O)Nc2ccc(C[C@@H](NC(C)=O)C(=O)N3CCNCC3)cc2)C2CCCCCC2)cc1C(N)=O. The first-order valence-corrected chi connectivity index (χ1v) is 14.8. The topological polar surface area (TPSA) is 151 Å². The minimum atomic E-state index is -0.654. The number of primary amides is 1. The van der Waals surface area contributed by atoms with Gasteiger partial charge in [0, 0.05) is 51.8 Å². The molecule has 11 nitrogen and oxygen atoms in total. The minimum absolute atomic E-state index is 0.0906. The van der Waals surface area contributed by atoms with Crippen molar-refractivity contribution in [2.45, 2.75) is 77.3 Å². The van der Waals surface area contributed by atoms with Crippen LogP contribution in [0.25, 0.3) is 0 Å². The van der Waals surface area contributed by atoms with Gasteiger partial charge >= 0.3 is 0 Å². The predicted octanol–water partition coefficient (Wildman–Crippen LogP) is 2.17. The summed E-state index contributed by atoms with van der Waals surface area (Å²) in [5.74, 6) is -1.45. The monoisotopic (exact) mass is 565 g/mol. The normalized spacial score (nSPS) is 17.8. The quantitative estimate of drug-likeness (QED) is 0.324. The van der Waals surface area contributed by atoms with Crippen LogP contribution in [-0.4, -0.2) is 70.5 Å². The van der Waals surface area contributed by atoms with Gasteiger partial charge in [-0.1, -0.05) is 37.8 Å². The van der Waals surface area contributed by atoms with Crippen LogP contribution >= 0.6 is 0 Å². The largest absolute Gasteiger partial charge is 0.364 e. The van der Waals surface area contributed by atoms with Crippen molar-refractivity contribution >= 4 is 29.3 Å². The summed E-state index contributed by atoms with van der Waals surface area (Å²) in [7, 11) is 0. The fourth-order valence-corrected chi connectivity index (χ4v) is 5.99. The Labute approximate surface area is 241 Å². The van der Waals surface area contributed by atoms with Gasteiger partial charge in [0.1, 0.15) is 11.7 Å². The maximum Gasteiger partial charge on any atom is 0.266 e. The van der Waals surface area contributed by atoms with Gasteiger partial charge in [0.25, 0.3) is 5.91 Å². The fourth-order valence-electron chi connectivity index (χ4n) is 5.99. The summed E-state index contributed by atoms with van der Waals surface area (Å²) in [6, 6.07) is 8.38. The lowest BCUT2D eigenvalue weighted by Gasteiger charge is -2.31. The third-order valence-corrected chi connectivity index (χ3v) is 8.09. The van der Waals surface area contributed by atoms with E-state index in [2.05, 4.69) is 21.0 Å². The number of rotatable bonds is 10. The molecule has 1 aliphatic carbocycles. The summed E-state index contributed by atoms with van der Waals surface area (Å²) in [5.41, 5.74) is 7.98. The summed E-state index contributed by atoms with van der Waals surface area (Å²) < 4.78 is 1.57. The van der Waals surface area contributed by atoms with Gasteiger partial charge in [-0.15, -0.1) is 0 Å². The Morgan fingerprint density at radius 1 is 1.05 bits per heavy atom. The molecule has 1 saturated carbocycles. The van der Waals surface area contributed by atoms with Crippen LogP contribution < -0.4 is 21.7 Å². The van der Waals surface area contributed by atoms with Crippen molar-refractivity contribution in [1.82, 2.24) is 25.3 Å². The number of aromatic nitrogens is 2. The average molecular weight is 566 g/mol. The van der Waals surface area contributed by atoms with E-state index in [1.54, 1.807) is 15.6 Å². The Morgan fingerprint density at radius 3 is 2.27 bits per heavy atom. The molecule has 4 rings (SSSR count).